The van der Waals surface area contributed by atoms with Crippen molar-refractivity contribution in [2.24, 2.45) is 5.73 Å². The highest BCUT2D eigenvalue weighted by molar-refractivity contribution is 5.39. The highest BCUT2D eigenvalue weighted by Gasteiger charge is 2.39. The normalized spacial score (nSPS) is 18.7. The maximum Gasteiger partial charge on any atom is 0.124 e. The second-order valence-corrected chi connectivity index (χ2v) is 5.53. The molecule has 0 saturated heterocycles. The number of rotatable bonds is 6. The van der Waals surface area contributed by atoms with Crippen LogP contribution < -0.4 is 10.5 Å². The van der Waals surface area contributed by atoms with Crippen molar-refractivity contribution in [3.63, 3.8) is 0 Å². The minimum absolute atomic E-state index is 0.00729. The summed E-state index contributed by atoms with van der Waals surface area (Å²) >= 11 is 0. The maximum absolute atomic E-state index is 6.41. The first-order valence-corrected chi connectivity index (χ1v) is 7.14. The van der Waals surface area contributed by atoms with Gasteiger partial charge >= 0.3 is 0 Å². The maximum atomic E-state index is 6.41. The quantitative estimate of drug-likeness (QED) is 0.856. The Morgan fingerprint density at radius 3 is 2.63 bits per heavy atom. The zero-order valence-electron chi connectivity index (χ0n) is 12.2. The molecule has 2 rings (SSSR count). The van der Waals surface area contributed by atoms with Crippen LogP contribution in [0.1, 0.15) is 49.8 Å². The van der Waals surface area contributed by atoms with Gasteiger partial charge in [-0.25, -0.2) is 0 Å². The molecule has 0 bridgehead atoms. The van der Waals surface area contributed by atoms with Crippen LogP contribution in [-0.4, -0.2) is 19.3 Å². The summed E-state index contributed by atoms with van der Waals surface area (Å²) in [5.41, 5.74) is 8.72. The van der Waals surface area contributed by atoms with Crippen molar-refractivity contribution in [1.82, 2.24) is 0 Å². The van der Waals surface area contributed by atoms with Gasteiger partial charge in [-0.05, 0) is 45.6 Å². The van der Waals surface area contributed by atoms with Gasteiger partial charge in [-0.2, -0.15) is 0 Å². The number of hydrogen-bond acceptors (Lipinski definition) is 3. The van der Waals surface area contributed by atoms with Gasteiger partial charge in [0.1, 0.15) is 5.75 Å². The first-order chi connectivity index (χ1) is 9.10. The summed E-state index contributed by atoms with van der Waals surface area (Å²) in [7, 11) is 1.80. The van der Waals surface area contributed by atoms with Gasteiger partial charge in [-0.3, -0.25) is 0 Å². The van der Waals surface area contributed by atoms with Gasteiger partial charge in [0.2, 0.25) is 0 Å². The highest BCUT2D eigenvalue weighted by Crippen LogP contribution is 2.42. The van der Waals surface area contributed by atoms with Crippen molar-refractivity contribution in [2.75, 3.05) is 13.7 Å². The highest BCUT2D eigenvalue weighted by atomic mass is 16.5. The molecule has 0 heterocycles. The molecule has 19 heavy (non-hydrogen) atoms. The summed E-state index contributed by atoms with van der Waals surface area (Å²) in [6, 6.07) is 6.20. The van der Waals surface area contributed by atoms with Crippen LogP contribution in [0.25, 0.3) is 0 Å². The van der Waals surface area contributed by atoms with E-state index in [1.54, 1.807) is 7.11 Å². The fourth-order valence-electron chi connectivity index (χ4n) is 2.82. The monoisotopic (exact) mass is 263 g/mol. The van der Waals surface area contributed by atoms with Gasteiger partial charge in [-0.15, -0.1) is 0 Å². The predicted molar refractivity (Wildman–Crippen MR) is 77.5 cm³/mol. The van der Waals surface area contributed by atoms with Crippen molar-refractivity contribution in [2.45, 2.75) is 51.2 Å². The molecule has 1 unspecified atom stereocenters. The lowest BCUT2D eigenvalue weighted by atomic mass is 9.74. The van der Waals surface area contributed by atoms with Crippen molar-refractivity contribution in [3.8, 4) is 5.75 Å². The van der Waals surface area contributed by atoms with E-state index in [-0.39, 0.29) is 11.6 Å². The van der Waals surface area contributed by atoms with Crippen LogP contribution in [0.15, 0.2) is 18.2 Å². The van der Waals surface area contributed by atoms with Crippen molar-refractivity contribution < 1.29 is 9.47 Å². The zero-order valence-corrected chi connectivity index (χ0v) is 12.2. The molecular weight excluding hydrogens is 238 g/mol. The number of aryl methyl sites for hydroxylation is 1. The number of benzene rings is 1. The summed E-state index contributed by atoms with van der Waals surface area (Å²) in [6.07, 6.45) is 4.35. The van der Waals surface area contributed by atoms with E-state index in [0.29, 0.717) is 6.61 Å². The van der Waals surface area contributed by atoms with Crippen LogP contribution in [0.4, 0.5) is 0 Å². The lowest BCUT2D eigenvalue weighted by Crippen LogP contribution is -2.41. The largest absolute Gasteiger partial charge is 0.494 e. The summed E-state index contributed by atoms with van der Waals surface area (Å²) in [6.45, 7) is 4.75. The van der Waals surface area contributed by atoms with Crippen molar-refractivity contribution in [3.05, 3.63) is 29.3 Å². The SMILES string of the molecule is CCOc1ccc(C)cc1C(N)CC1(OC)CCC1. The Kier molecular flexibility index (Phi) is 4.48. The minimum Gasteiger partial charge on any atom is -0.494 e. The first kappa shape index (κ1) is 14.4. The predicted octanol–water partition coefficient (Wildman–Crippen LogP) is 3.35. The molecule has 2 N–H and O–H groups in total. The van der Waals surface area contributed by atoms with Crippen LogP contribution in [0.3, 0.4) is 0 Å². The lowest BCUT2D eigenvalue weighted by molar-refractivity contribution is -0.0817. The lowest BCUT2D eigenvalue weighted by Gasteiger charge is -2.42. The topological polar surface area (TPSA) is 44.5 Å². The average Bonchev–Trinajstić information content (AvgIpc) is 2.36. The van der Waals surface area contributed by atoms with E-state index in [9.17, 15) is 0 Å². The molecule has 3 heteroatoms. The van der Waals surface area contributed by atoms with Crippen molar-refractivity contribution >= 4 is 0 Å². The van der Waals surface area contributed by atoms with Gasteiger partial charge in [-0.1, -0.05) is 17.7 Å². The Hall–Kier alpha value is -1.06. The van der Waals surface area contributed by atoms with E-state index in [0.717, 1.165) is 30.6 Å². The van der Waals surface area contributed by atoms with Crippen LogP contribution >= 0.6 is 0 Å². The minimum atomic E-state index is -0.0262. The summed E-state index contributed by atoms with van der Waals surface area (Å²) in [5.74, 6) is 0.908. The van der Waals surface area contributed by atoms with Gasteiger partial charge in [0.25, 0.3) is 0 Å². The Morgan fingerprint density at radius 2 is 2.11 bits per heavy atom. The molecule has 0 aliphatic heterocycles. The summed E-state index contributed by atoms with van der Waals surface area (Å²) in [5, 5.41) is 0. The standard InChI is InChI=1S/C16H25NO2/c1-4-19-15-7-6-12(2)10-13(15)14(17)11-16(18-3)8-5-9-16/h6-7,10,14H,4-5,8-9,11,17H2,1-3H3. The molecule has 1 aliphatic carbocycles. The Labute approximate surface area is 116 Å². The number of ether oxygens (including phenoxy) is 2. The molecule has 0 amide bonds. The third kappa shape index (κ3) is 3.10. The molecule has 106 valence electrons. The molecule has 3 nitrogen and oxygen atoms in total. The van der Waals surface area contributed by atoms with E-state index in [4.69, 9.17) is 15.2 Å². The summed E-state index contributed by atoms with van der Waals surface area (Å²) < 4.78 is 11.4. The fourth-order valence-corrected chi connectivity index (χ4v) is 2.82. The Morgan fingerprint density at radius 1 is 1.37 bits per heavy atom. The number of methoxy groups -OCH3 is 1. The Balaban J connectivity index is 2.17. The Bertz CT molecular complexity index is 421. The first-order valence-electron chi connectivity index (χ1n) is 7.14. The van der Waals surface area contributed by atoms with E-state index in [1.165, 1.54) is 12.0 Å². The fraction of sp³-hybridized carbons (Fsp3) is 0.625. The van der Waals surface area contributed by atoms with E-state index >= 15 is 0 Å². The number of hydrogen-bond donors (Lipinski definition) is 1. The van der Waals surface area contributed by atoms with Crippen LogP contribution in [-0.2, 0) is 4.74 Å². The molecule has 1 aliphatic rings. The molecule has 0 spiro atoms. The number of nitrogens with two attached hydrogens (primary N) is 1. The van der Waals surface area contributed by atoms with Gasteiger partial charge < -0.3 is 15.2 Å². The molecule has 0 radical (unpaired) electrons. The summed E-state index contributed by atoms with van der Waals surface area (Å²) in [4.78, 5) is 0. The molecular formula is C16H25NO2. The van der Waals surface area contributed by atoms with Crippen LogP contribution in [0.2, 0.25) is 0 Å². The van der Waals surface area contributed by atoms with Crippen LogP contribution in [0, 0.1) is 6.92 Å². The van der Waals surface area contributed by atoms with Crippen LogP contribution in [0.5, 0.6) is 5.75 Å². The zero-order chi connectivity index (χ0) is 13.9. The molecule has 0 aromatic heterocycles. The smallest absolute Gasteiger partial charge is 0.124 e. The molecule has 1 fully saturated rings. The second-order valence-electron chi connectivity index (χ2n) is 5.53. The third-order valence-electron chi connectivity index (χ3n) is 4.15. The van der Waals surface area contributed by atoms with Crippen molar-refractivity contribution in [1.29, 1.82) is 0 Å². The van der Waals surface area contributed by atoms with Gasteiger partial charge in [0, 0.05) is 18.7 Å². The van der Waals surface area contributed by atoms with Gasteiger partial charge in [0.05, 0.1) is 12.2 Å². The van der Waals surface area contributed by atoms with E-state index in [2.05, 4.69) is 19.1 Å². The molecule has 1 aromatic rings. The average molecular weight is 263 g/mol. The van der Waals surface area contributed by atoms with Gasteiger partial charge in [0.15, 0.2) is 0 Å². The van der Waals surface area contributed by atoms with E-state index < -0.39 is 0 Å². The second kappa shape index (κ2) is 5.93. The van der Waals surface area contributed by atoms with E-state index in [1.807, 2.05) is 13.0 Å². The molecule has 1 aromatic carbocycles. The third-order valence-corrected chi connectivity index (χ3v) is 4.15. The molecule has 1 atom stereocenters. The molecule has 1 saturated carbocycles.